The first-order valence-electron chi connectivity index (χ1n) is 9.39. The Hall–Kier alpha value is -3.19. The number of fused-ring (bicyclic) bond motifs is 1. The summed E-state index contributed by atoms with van der Waals surface area (Å²) in [6.45, 7) is 2.24. The van der Waals surface area contributed by atoms with Gasteiger partial charge in [-0.2, -0.15) is 0 Å². The van der Waals surface area contributed by atoms with Crippen LogP contribution in [0.2, 0.25) is 0 Å². The fraction of sp³-hybridized carbons (Fsp3) is 0.318. The van der Waals surface area contributed by atoms with E-state index in [4.69, 9.17) is 14.2 Å². The van der Waals surface area contributed by atoms with Crippen LogP contribution in [0.1, 0.15) is 18.3 Å². The predicted molar refractivity (Wildman–Crippen MR) is 109 cm³/mol. The Labute approximate surface area is 168 Å². The quantitative estimate of drug-likeness (QED) is 0.545. The summed E-state index contributed by atoms with van der Waals surface area (Å²) in [5, 5.41) is 0.581. The molecule has 1 unspecified atom stereocenters. The summed E-state index contributed by atoms with van der Waals surface area (Å²) in [6, 6.07) is 14.6. The van der Waals surface area contributed by atoms with E-state index in [-0.39, 0.29) is 18.1 Å². The number of ether oxygens (including phenoxy) is 3. The lowest BCUT2D eigenvalue weighted by molar-refractivity contribution is -0.154. The van der Waals surface area contributed by atoms with Gasteiger partial charge in [-0.25, -0.2) is 9.78 Å². The van der Waals surface area contributed by atoms with E-state index in [9.17, 15) is 9.59 Å². The van der Waals surface area contributed by atoms with Crippen molar-refractivity contribution < 1.29 is 19.0 Å². The fourth-order valence-corrected chi connectivity index (χ4v) is 2.97. The molecule has 3 rings (SSSR count). The van der Waals surface area contributed by atoms with Crippen LogP contribution in [-0.2, 0) is 34.3 Å². The first-order chi connectivity index (χ1) is 14.0. The Morgan fingerprint density at radius 3 is 2.55 bits per heavy atom. The summed E-state index contributed by atoms with van der Waals surface area (Å²) in [5.41, 5.74) is 1.47. The highest BCUT2D eigenvalue weighted by molar-refractivity contribution is 5.77. The molecule has 3 aromatic rings. The first kappa shape index (κ1) is 20.5. The van der Waals surface area contributed by atoms with Crippen LogP contribution in [0.4, 0.5) is 0 Å². The van der Waals surface area contributed by atoms with Crippen LogP contribution in [0.15, 0.2) is 53.3 Å². The summed E-state index contributed by atoms with van der Waals surface area (Å²) in [4.78, 5) is 28.8. The summed E-state index contributed by atoms with van der Waals surface area (Å²) < 4.78 is 17.5. The Morgan fingerprint density at radius 1 is 1.14 bits per heavy atom. The van der Waals surface area contributed by atoms with Gasteiger partial charge in [0, 0.05) is 20.6 Å². The second-order valence-electron chi connectivity index (χ2n) is 6.52. The molecule has 7 nitrogen and oxygen atoms in total. The molecular formula is C22H24N2O5. The van der Waals surface area contributed by atoms with Crippen LogP contribution in [-0.4, -0.2) is 35.3 Å². The lowest BCUT2D eigenvalue weighted by Gasteiger charge is -2.14. The third-order valence-corrected chi connectivity index (χ3v) is 4.62. The monoisotopic (exact) mass is 396 g/mol. The second kappa shape index (κ2) is 9.34. The average Bonchev–Trinajstić information content (AvgIpc) is 2.74. The maximum atomic E-state index is 12.5. The maximum Gasteiger partial charge on any atom is 0.335 e. The SMILES string of the molecule is CCOC(=O)C(Cc1ccc(OCc2nc3ccccc3c(=O)n2C)cc1)OC. The Kier molecular flexibility index (Phi) is 6.61. The number of hydrogen-bond acceptors (Lipinski definition) is 6. The van der Waals surface area contributed by atoms with Gasteiger partial charge < -0.3 is 14.2 Å². The van der Waals surface area contributed by atoms with Crippen molar-refractivity contribution in [2.45, 2.75) is 26.1 Å². The molecule has 0 spiro atoms. The zero-order valence-electron chi connectivity index (χ0n) is 16.8. The summed E-state index contributed by atoms with van der Waals surface area (Å²) in [6.07, 6.45) is -0.228. The molecule has 0 bridgehead atoms. The highest BCUT2D eigenvalue weighted by Crippen LogP contribution is 2.16. The van der Waals surface area contributed by atoms with Crippen molar-refractivity contribution in [1.29, 1.82) is 0 Å². The van der Waals surface area contributed by atoms with Gasteiger partial charge in [-0.05, 0) is 36.8 Å². The molecule has 1 aromatic heterocycles. The number of carbonyl (C=O) groups excluding carboxylic acids is 1. The number of rotatable bonds is 8. The van der Waals surface area contributed by atoms with Gasteiger partial charge in [-0.1, -0.05) is 24.3 Å². The van der Waals surface area contributed by atoms with Crippen molar-refractivity contribution in [2.75, 3.05) is 13.7 Å². The normalized spacial score (nSPS) is 12.0. The van der Waals surface area contributed by atoms with Crippen molar-refractivity contribution in [2.24, 2.45) is 7.05 Å². The second-order valence-corrected chi connectivity index (χ2v) is 6.52. The standard InChI is InChI=1S/C22H24N2O5/c1-4-28-22(26)19(27-3)13-15-9-11-16(12-10-15)29-14-20-23-18-8-6-5-7-17(18)21(25)24(20)2/h5-12,19H,4,13-14H2,1-3H3. The van der Waals surface area contributed by atoms with Gasteiger partial charge in [0.05, 0.1) is 17.5 Å². The minimum absolute atomic E-state index is 0.103. The van der Waals surface area contributed by atoms with Gasteiger partial charge in [0.25, 0.3) is 5.56 Å². The number of hydrogen-bond donors (Lipinski definition) is 0. The number of methoxy groups -OCH3 is 1. The van der Waals surface area contributed by atoms with E-state index < -0.39 is 6.10 Å². The van der Waals surface area contributed by atoms with Crippen LogP contribution in [0.3, 0.4) is 0 Å². The van der Waals surface area contributed by atoms with Gasteiger partial charge >= 0.3 is 5.97 Å². The number of carbonyl (C=O) groups is 1. The molecule has 0 saturated heterocycles. The molecular weight excluding hydrogens is 372 g/mol. The van der Waals surface area contributed by atoms with Crippen LogP contribution < -0.4 is 10.3 Å². The molecule has 0 amide bonds. The highest BCUT2D eigenvalue weighted by Gasteiger charge is 2.19. The minimum atomic E-state index is -0.641. The molecule has 2 aromatic carbocycles. The number of nitrogens with zero attached hydrogens (tertiary/aromatic N) is 2. The lowest BCUT2D eigenvalue weighted by Crippen LogP contribution is -2.27. The maximum absolute atomic E-state index is 12.5. The van der Waals surface area contributed by atoms with Crippen molar-refractivity contribution in [3.63, 3.8) is 0 Å². The van der Waals surface area contributed by atoms with E-state index in [1.807, 2.05) is 42.5 Å². The van der Waals surface area contributed by atoms with Crippen LogP contribution >= 0.6 is 0 Å². The average molecular weight is 396 g/mol. The first-order valence-corrected chi connectivity index (χ1v) is 9.39. The van der Waals surface area contributed by atoms with Gasteiger partial charge in [0.1, 0.15) is 18.2 Å². The zero-order valence-corrected chi connectivity index (χ0v) is 16.8. The molecule has 0 N–H and O–H groups in total. The van der Waals surface area contributed by atoms with E-state index in [1.165, 1.54) is 11.7 Å². The molecule has 0 fully saturated rings. The van der Waals surface area contributed by atoms with Crippen molar-refractivity contribution in [3.8, 4) is 5.75 Å². The topological polar surface area (TPSA) is 79.7 Å². The van der Waals surface area contributed by atoms with Gasteiger partial charge in [0.15, 0.2) is 6.10 Å². The zero-order chi connectivity index (χ0) is 20.8. The van der Waals surface area contributed by atoms with E-state index in [0.29, 0.717) is 35.5 Å². The van der Waals surface area contributed by atoms with Gasteiger partial charge in [-0.15, -0.1) is 0 Å². The largest absolute Gasteiger partial charge is 0.486 e. The van der Waals surface area contributed by atoms with E-state index in [1.54, 1.807) is 20.0 Å². The molecule has 0 radical (unpaired) electrons. The van der Waals surface area contributed by atoms with E-state index in [0.717, 1.165) is 5.56 Å². The summed E-state index contributed by atoms with van der Waals surface area (Å²) >= 11 is 0. The Morgan fingerprint density at radius 2 is 1.86 bits per heavy atom. The molecule has 0 saturated carbocycles. The predicted octanol–water partition coefficient (Wildman–Crippen LogP) is 2.63. The Bertz CT molecular complexity index is 1040. The van der Waals surface area contributed by atoms with Crippen molar-refractivity contribution in [3.05, 3.63) is 70.3 Å². The minimum Gasteiger partial charge on any atom is -0.486 e. The van der Waals surface area contributed by atoms with Crippen molar-refractivity contribution >= 4 is 16.9 Å². The molecule has 0 aliphatic heterocycles. The van der Waals surface area contributed by atoms with Crippen molar-refractivity contribution in [1.82, 2.24) is 9.55 Å². The molecule has 29 heavy (non-hydrogen) atoms. The molecule has 0 aliphatic carbocycles. The van der Waals surface area contributed by atoms with E-state index >= 15 is 0 Å². The molecule has 0 aliphatic rings. The molecule has 152 valence electrons. The third kappa shape index (κ3) is 4.81. The number of benzene rings is 2. The summed E-state index contributed by atoms with van der Waals surface area (Å²) in [5.74, 6) is 0.805. The smallest absolute Gasteiger partial charge is 0.335 e. The molecule has 1 atom stereocenters. The number of esters is 1. The number of para-hydroxylation sites is 1. The molecule has 1 heterocycles. The Balaban J connectivity index is 1.68. The number of aromatic nitrogens is 2. The van der Waals surface area contributed by atoms with Crippen LogP contribution in [0.25, 0.3) is 10.9 Å². The highest BCUT2D eigenvalue weighted by atomic mass is 16.6. The summed E-state index contributed by atoms with van der Waals surface area (Å²) in [7, 11) is 3.17. The lowest BCUT2D eigenvalue weighted by atomic mass is 10.1. The van der Waals surface area contributed by atoms with Crippen LogP contribution in [0.5, 0.6) is 5.75 Å². The fourth-order valence-electron chi connectivity index (χ4n) is 2.97. The van der Waals surface area contributed by atoms with Crippen LogP contribution in [0, 0.1) is 0 Å². The van der Waals surface area contributed by atoms with Gasteiger partial charge in [0.2, 0.25) is 0 Å². The van der Waals surface area contributed by atoms with E-state index in [2.05, 4.69) is 4.98 Å². The third-order valence-electron chi connectivity index (χ3n) is 4.62. The van der Waals surface area contributed by atoms with Gasteiger partial charge in [-0.3, -0.25) is 9.36 Å². The molecule has 7 heteroatoms.